The van der Waals surface area contributed by atoms with Crippen LogP contribution in [-0.2, 0) is 35.1 Å². The number of aromatic nitrogens is 1. The van der Waals surface area contributed by atoms with Gasteiger partial charge in [0.1, 0.15) is 24.4 Å². The largest absolute Gasteiger partial charge is 0.497 e. The predicted molar refractivity (Wildman–Crippen MR) is 168 cm³/mol. The lowest BCUT2D eigenvalue weighted by Crippen LogP contribution is -2.63. The van der Waals surface area contributed by atoms with Crippen molar-refractivity contribution in [2.24, 2.45) is 0 Å². The van der Waals surface area contributed by atoms with E-state index in [1.165, 1.54) is 12.0 Å². The second kappa shape index (κ2) is 17.4. The monoisotopic (exact) mass is 702 g/mol. The van der Waals surface area contributed by atoms with E-state index in [-0.39, 0.29) is 19.5 Å². The average molecular weight is 703 g/mol. The van der Waals surface area contributed by atoms with Crippen LogP contribution in [0.1, 0.15) is 22.3 Å². The summed E-state index contributed by atoms with van der Waals surface area (Å²) >= 11 is 0. The van der Waals surface area contributed by atoms with E-state index < -0.39 is 66.9 Å². The number of halogens is 3. The molecule has 2 aromatic carbocycles. The number of esters is 1. The van der Waals surface area contributed by atoms with Gasteiger partial charge in [0.15, 0.2) is 0 Å². The number of hydrogen-bond acceptors (Lipinski definition) is 9. The van der Waals surface area contributed by atoms with E-state index >= 15 is 0 Å². The first-order chi connectivity index (χ1) is 23.6. The minimum atomic E-state index is -5.08. The summed E-state index contributed by atoms with van der Waals surface area (Å²) in [6.45, 7) is -0.649. The Kier molecular flexibility index (Phi) is 13.4. The van der Waals surface area contributed by atoms with Gasteiger partial charge < -0.3 is 34.8 Å². The van der Waals surface area contributed by atoms with Gasteiger partial charge in [0.05, 0.1) is 20.6 Å². The molecule has 0 aliphatic carbocycles. The number of nitrogens with zero attached hydrogens (tertiary/aromatic N) is 3. The molecule has 2 heterocycles. The number of alkyl halides is 3. The number of aliphatic carboxylic acids is 2. The second-order valence-corrected chi connectivity index (χ2v) is 10.7. The van der Waals surface area contributed by atoms with Gasteiger partial charge in [-0.15, -0.1) is 0 Å². The van der Waals surface area contributed by atoms with Crippen molar-refractivity contribution in [1.82, 2.24) is 20.1 Å². The predicted octanol–water partition coefficient (Wildman–Crippen LogP) is 2.42. The molecule has 0 unspecified atom stereocenters. The van der Waals surface area contributed by atoms with E-state index in [1.807, 2.05) is 12.1 Å². The number of carbonyl (C=O) groups is 6. The molecule has 1 aliphatic rings. The number of benzene rings is 2. The van der Waals surface area contributed by atoms with Gasteiger partial charge in [-0.1, -0.05) is 24.3 Å². The Labute approximate surface area is 283 Å². The molecule has 1 saturated heterocycles. The van der Waals surface area contributed by atoms with Crippen LogP contribution < -0.4 is 10.1 Å². The minimum absolute atomic E-state index is 0.0326. The lowest BCUT2D eigenvalue weighted by molar-refractivity contribution is -0.192. The first-order valence-electron chi connectivity index (χ1n) is 14.8. The van der Waals surface area contributed by atoms with Crippen LogP contribution in [0.4, 0.5) is 13.2 Å². The molecule has 17 heteroatoms. The first-order valence-corrected chi connectivity index (χ1v) is 14.8. The van der Waals surface area contributed by atoms with Crippen molar-refractivity contribution in [2.45, 2.75) is 31.1 Å². The maximum absolute atomic E-state index is 14.0. The molecule has 2 atom stereocenters. The van der Waals surface area contributed by atoms with E-state index in [1.54, 1.807) is 60.9 Å². The minimum Gasteiger partial charge on any atom is -0.497 e. The van der Waals surface area contributed by atoms with Crippen molar-refractivity contribution in [2.75, 3.05) is 33.9 Å². The third-order valence-corrected chi connectivity index (χ3v) is 7.39. The van der Waals surface area contributed by atoms with E-state index in [0.717, 1.165) is 23.1 Å². The summed E-state index contributed by atoms with van der Waals surface area (Å²) in [5.41, 5.74) is 2.85. The lowest BCUT2D eigenvalue weighted by Gasteiger charge is -2.41. The van der Waals surface area contributed by atoms with Crippen molar-refractivity contribution in [3.63, 3.8) is 0 Å². The molecule has 4 rings (SSSR count). The van der Waals surface area contributed by atoms with Gasteiger partial charge in [-0.3, -0.25) is 29.0 Å². The fraction of sp³-hybridized carbons (Fsp3) is 0.303. The number of methoxy groups -OCH3 is 2. The molecule has 0 saturated carbocycles. The average Bonchev–Trinajstić information content (AvgIpc) is 3.09. The van der Waals surface area contributed by atoms with Crippen LogP contribution in [0.2, 0.25) is 0 Å². The Morgan fingerprint density at radius 2 is 1.50 bits per heavy atom. The number of carboxylic acids is 2. The molecule has 0 spiro atoms. The first kappa shape index (κ1) is 38.4. The highest BCUT2D eigenvalue weighted by molar-refractivity contribution is 5.99. The van der Waals surface area contributed by atoms with Crippen molar-refractivity contribution >= 4 is 35.6 Å². The van der Waals surface area contributed by atoms with E-state index in [2.05, 4.69) is 10.3 Å². The Morgan fingerprint density at radius 1 is 0.920 bits per heavy atom. The zero-order valence-corrected chi connectivity index (χ0v) is 26.8. The quantitative estimate of drug-likeness (QED) is 0.249. The molecule has 1 aliphatic heterocycles. The topological polar surface area (TPSA) is 193 Å². The number of rotatable bonds is 11. The molecule has 3 aromatic rings. The fourth-order valence-corrected chi connectivity index (χ4v) is 4.86. The number of hydrogen-bond donors (Lipinski definition) is 3. The molecule has 0 bridgehead atoms. The van der Waals surface area contributed by atoms with Crippen molar-refractivity contribution in [1.29, 1.82) is 0 Å². The second-order valence-electron chi connectivity index (χ2n) is 10.7. The highest BCUT2D eigenvalue weighted by Crippen LogP contribution is 2.21. The molecule has 14 nitrogen and oxygen atoms in total. The zero-order chi connectivity index (χ0) is 37.0. The highest BCUT2D eigenvalue weighted by atomic mass is 19.4. The normalized spacial score (nSPS) is 14.8. The van der Waals surface area contributed by atoms with E-state index in [9.17, 15) is 42.3 Å². The fourth-order valence-electron chi connectivity index (χ4n) is 4.86. The SMILES string of the molecule is COC(=O)C[C@H]1C(=O)N(CC(=O)O)CCN1C(=O)[C@H](Cc1ccc(OC)cc1)NC(=O)c1ccc(-c2ccncc2)cc1.O=C(O)C(F)(F)F. The highest BCUT2D eigenvalue weighted by Gasteiger charge is 2.42. The van der Waals surface area contributed by atoms with E-state index in [0.29, 0.717) is 16.9 Å². The Morgan fingerprint density at radius 3 is 2.02 bits per heavy atom. The third-order valence-electron chi connectivity index (χ3n) is 7.39. The summed E-state index contributed by atoms with van der Waals surface area (Å²) in [7, 11) is 2.69. The zero-order valence-electron chi connectivity index (χ0n) is 26.8. The van der Waals surface area contributed by atoms with Gasteiger partial charge in [-0.05, 0) is 53.1 Å². The number of nitrogens with one attached hydrogen (secondary N) is 1. The summed E-state index contributed by atoms with van der Waals surface area (Å²) in [6.07, 6.45) is -2.12. The number of carbonyl (C=O) groups excluding carboxylic acids is 4. The maximum Gasteiger partial charge on any atom is 0.490 e. The standard InChI is InChI=1S/C31H32N4O8.C2HF3O2/c1-42-24-9-3-20(4-10-24)17-25(33-29(39)23-7-5-21(6-8-23)22-11-13-32-14-12-22)30(40)35-16-15-34(19-27(36)37)31(41)26(35)18-28(38)43-2;3-2(4,5)1(6)7/h3-14,25-26H,15-19H2,1-2H3,(H,33,39)(H,36,37);(H,6,7)/t25-,26-;/m0./s1. The molecule has 3 N–H and O–H groups in total. The molecule has 1 aromatic heterocycles. The van der Waals surface area contributed by atoms with Crippen LogP contribution >= 0.6 is 0 Å². The van der Waals surface area contributed by atoms with Crippen molar-refractivity contribution < 1.29 is 61.6 Å². The molecule has 0 radical (unpaired) electrons. The van der Waals surface area contributed by atoms with Gasteiger partial charge in [0.2, 0.25) is 11.8 Å². The van der Waals surface area contributed by atoms with Crippen LogP contribution in [0.25, 0.3) is 11.1 Å². The number of carboxylic acid groups (broad SMARTS) is 2. The summed E-state index contributed by atoms with van der Waals surface area (Å²) < 4.78 is 41.7. The van der Waals surface area contributed by atoms with Crippen LogP contribution in [0.15, 0.2) is 73.1 Å². The van der Waals surface area contributed by atoms with Gasteiger partial charge >= 0.3 is 24.1 Å². The van der Waals surface area contributed by atoms with Gasteiger partial charge in [-0.25, -0.2) is 4.79 Å². The van der Waals surface area contributed by atoms with Gasteiger partial charge in [0.25, 0.3) is 5.91 Å². The van der Waals surface area contributed by atoms with Crippen LogP contribution in [0.5, 0.6) is 5.75 Å². The Balaban J connectivity index is 0.000000872. The third kappa shape index (κ3) is 10.8. The van der Waals surface area contributed by atoms with Crippen molar-refractivity contribution in [3.8, 4) is 16.9 Å². The Hall–Kier alpha value is -6.00. The van der Waals surface area contributed by atoms with Crippen molar-refractivity contribution in [3.05, 3.63) is 84.2 Å². The number of pyridine rings is 1. The van der Waals surface area contributed by atoms with E-state index in [4.69, 9.17) is 19.4 Å². The number of ether oxygens (including phenoxy) is 2. The lowest BCUT2D eigenvalue weighted by atomic mass is 10.00. The molecular formula is C33H33F3N4O10. The molecule has 1 fully saturated rings. The van der Waals surface area contributed by atoms with Crippen LogP contribution in [0.3, 0.4) is 0 Å². The summed E-state index contributed by atoms with van der Waals surface area (Å²) in [5, 5.41) is 19.2. The van der Waals surface area contributed by atoms with Crippen LogP contribution in [0, 0.1) is 0 Å². The molecule has 3 amide bonds. The van der Waals surface area contributed by atoms with Gasteiger partial charge in [0, 0.05) is 37.5 Å². The summed E-state index contributed by atoms with van der Waals surface area (Å²) in [4.78, 5) is 79.4. The molecule has 50 heavy (non-hydrogen) atoms. The smallest absolute Gasteiger partial charge is 0.490 e. The molecule has 266 valence electrons. The summed E-state index contributed by atoms with van der Waals surface area (Å²) in [6, 6.07) is 15.1. The van der Waals surface area contributed by atoms with Crippen LogP contribution in [-0.4, -0.2) is 113 Å². The summed E-state index contributed by atoms with van der Waals surface area (Å²) in [5.74, 6) is -5.88. The van der Waals surface area contributed by atoms with Gasteiger partial charge in [-0.2, -0.15) is 13.2 Å². The number of piperazine rings is 1. The maximum atomic E-state index is 14.0. The number of amides is 3. The Bertz CT molecular complexity index is 1670. The molecular weight excluding hydrogens is 669 g/mol.